The average molecular weight is 518 g/mol. The van der Waals surface area contributed by atoms with Gasteiger partial charge < -0.3 is 25.3 Å². The maximum Gasteiger partial charge on any atom is 0.245 e. The molecule has 0 saturated carbocycles. The van der Waals surface area contributed by atoms with Crippen molar-refractivity contribution in [1.82, 2.24) is 20.2 Å². The van der Waals surface area contributed by atoms with Crippen LogP contribution in [0.15, 0.2) is 30.6 Å². The van der Waals surface area contributed by atoms with Crippen molar-refractivity contribution in [2.45, 2.75) is 32.2 Å². The highest BCUT2D eigenvalue weighted by molar-refractivity contribution is 6.30. The molecular weight excluding hydrogens is 485 g/mol. The average Bonchev–Trinajstić information content (AvgIpc) is 2.86. The molecule has 1 saturated heterocycles. The third-order valence-electron chi connectivity index (χ3n) is 6.51. The summed E-state index contributed by atoms with van der Waals surface area (Å²) in [6.07, 6.45) is 2.10. The molecule has 3 heterocycles. The van der Waals surface area contributed by atoms with Gasteiger partial charge in [-0.2, -0.15) is 0 Å². The highest BCUT2D eigenvalue weighted by Gasteiger charge is 2.32. The van der Waals surface area contributed by atoms with E-state index < -0.39 is 6.67 Å². The summed E-state index contributed by atoms with van der Waals surface area (Å²) >= 11 is 6.08. The van der Waals surface area contributed by atoms with Gasteiger partial charge in [-0.1, -0.05) is 37.6 Å². The molecule has 2 aromatic rings. The van der Waals surface area contributed by atoms with Crippen molar-refractivity contribution in [2.24, 2.45) is 0 Å². The van der Waals surface area contributed by atoms with Crippen LogP contribution in [0.5, 0.6) is 0 Å². The molecular formula is C25H33ClFN7O2. The molecule has 0 aliphatic carbocycles. The van der Waals surface area contributed by atoms with Crippen LogP contribution in [0.4, 0.5) is 21.7 Å². The molecule has 2 amide bonds. The number of piperazine rings is 1. The summed E-state index contributed by atoms with van der Waals surface area (Å²) < 4.78 is 13.2. The maximum absolute atomic E-state index is 13.6. The minimum atomic E-state index is -0.582. The van der Waals surface area contributed by atoms with Crippen molar-refractivity contribution < 1.29 is 14.0 Å². The predicted octanol–water partition coefficient (Wildman–Crippen LogP) is 2.68. The molecule has 0 bridgehead atoms. The normalized spacial score (nSPS) is 16.7. The molecule has 0 spiro atoms. The SMILES string of the molecule is CC(C)NCC[C@@H](C(=O)N1CCN(c2ncnc3c2N(CCF)CC(=O)N3)CC1)c1ccc(Cl)cc1. The Kier molecular flexibility index (Phi) is 8.58. The first-order valence-electron chi connectivity index (χ1n) is 12.4. The largest absolute Gasteiger partial charge is 0.354 e. The van der Waals surface area contributed by atoms with Crippen LogP contribution in [0.25, 0.3) is 0 Å². The number of amides is 2. The van der Waals surface area contributed by atoms with E-state index in [9.17, 15) is 14.0 Å². The molecule has 36 heavy (non-hydrogen) atoms. The minimum Gasteiger partial charge on any atom is -0.354 e. The molecule has 9 nitrogen and oxygen atoms in total. The molecule has 1 aromatic heterocycles. The lowest BCUT2D eigenvalue weighted by Crippen LogP contribution is -2.51. The van der Waals surface area contributed by atoms with Crippen molar-refractivity contribution in [3.05, 3.63) is 41.2 Å². The summed E-state index contributed by atoms with van der Waals surface area (Å²) in [6, 6.07) is 7.85. The number of nitrogens with zero attached hydrogens (tertiary/aromatic N) is 5. The number of carbonyl (C=O) groups is 2. The highest BCUT2D eigenvalue weighted by atomic mass is 35.5. The Morgan fingerprint density at radius 3 is 2.56 bits per heavy atom. The predicted molar refractivity (Wildman–Crippen MR) is 140 cm³/mol. The van der Waals surface area contributed by atoms with Gasteiger partial charge in [0, 0.05) is 43.8 Å². The van der Waals surface area contributed by atoms with Gasteiger partial charge in [0.2, 0.25) is 11.8 Å². The molecule has 11 heteroatoms. The standard InChI is InChI=1S/C25H33ClFN7O2/c1-17(2)28-9-7-20(18-3-5-19(26)6-4-18)25(36)33-13-11-32(12-14-33)24-22-23(29-16-30-24)31-21(35)15-34(22)10-8-27/h3-6,16-17,20,28H,7-15H2,1-2H3,(H,29,30,31,35)/t20-/m1/s1. The second-order valence-corrected chi connectivity index (χ2v) is 9.80. The number of benzene rings is 1. The lowest BCUT2D eigenvalue weighted by atomic mass is 9.93. The third-order valence-corrected chi connectivity index (χ3v) is 6.76. The lowest BCUT2D eigenvalue weighted by Gasteiger charge is -2.39. The van der Waals surface area contributed by atoms with Crippen LogP contribution < -0.4 is 20.4 Å². The maximum atomic E-state index is 13.6. The number of halogens is 2. The van der Waals surface area contributed by atoms with E-state index in [4.69, 9.17) is 11.6 Å². The Bertz CT molecular complexity index is 1060. The fourth-order valence-electron chi connectivity index (χ4n) is 4.70. The molecule has 1 atom stereocenters. The summed E-state index contributed by atoms with van der Waals surface area (Å²) in [5.41, 5.74) is 1.59. The number of anilines is 3. The van der Waals surface area contributed by atoms with Crippen LogP contribution in [-0.4, -0.2) is 85.2 Å². The zero-order chi connectivity index (χ0) is 25.7. The fraction of sp³-hybridized carbons (Fsp3) is 0.520. The Morgan fingerprint density at radius 2 is 1.89 bits per heavy atom. The van der Waals surface area contributed by atoms with E-state index in [0.717, 1.165) is 12.1 Å². The monoisotopic (exact) mass is 517 g/mol. The quantitative estimate of drug-likeness (QED) is 0.528. The van der Waals surface area contributed by atoms with Crippen molar-refractivity contribution >= 4 is 40.7 Å². The van der Waals surface area contributed by atoms with Gasteiger partial charge in [-0.15, -0.1) is 0 Å². The zero-order valence-corrected chi connectivity index (χ0v) is 21.5. The third kappa shape index (κ3) is 6.04. The second-order valence-electron chi connectivity index (χ2n) is 9.37. The van der Waals surface area contributed by atoms with Crippen molar-refractivity contribution in [3.63, 3.8) is 0 Å². The summed E-state index contributed by atoms with van der Waals surface area (Å²) in [6.45, 7) is 6.70. The number of nitrogens with one attached hydrogen (secondary N) is 2. The molecule has 2 aliphatic rings. The Balaban J connectivity index is 1.47. The number of rotatable bonds is 9. The summed E-state index contributed by atoms with van der Waals surface area (Å²) in [5.74, 6) is 0.650. The van der Waals surface area contributed by atoms with Crippen molar-refractivity contribution in [3.8, 4) is 0 Å². The van der Waals surface area contributed by atoms with Gasteiger partial charge in [0.05, 0.1) is 12.5 Å². The van der Waals surface area contributed by atoms with Crippen molar-refractivity contribution in [2.75, 3.05) is 67.6 Å². The van der Waals surface area contributed by atoms with Gasteiger partial charge >= 0.3 is 0 Å². The van der Waals surface area contributed by atoms with Crippen LogP contribution >= 0.6 is 11.6 Å². The summed E-state index contributed by atoms with van der Waals surface area (Å²) in [7, 11) is 0. The van der Waals surface area contributed by atoms with E-state index in [1.54, 1.807) is 4.90 Å². The van der Waals surface area contributed by atoms with Gasteiger partial charge in [0.15, 0.2) is 11.6 Å². The fourth-order valence-corrected chi connectivity index (χ4v) is 4.83. The van der Waals surface area contributed by atoms with E-state index in [-0.39, 0.29) is 30.8 Å². The van der Waals surface area contributed by atoms with Crippen molar-refractivity contribution in [1.29, 1.82) is 0 Å². The first-order chi connectivity index (χ1) is 17.4. The summed E-state index contributed by atoms with van der Waals surface area (Å²) in [5, 5.41) is 6.81. The van der Waals surface area contributed by atoms with Crippen LogP contribution in [0.2, 0.25) is 5.02 Å². The molecule has 2 aliphatic heterocycles. The Labute approximate surface area is 216 Å². The number of aromatic nitrogens is 2. The number of fused-ring (bicyclic) bond motifs is 1. The number of hydrogen-bond donors (Lipinski definition) is 2. The van der Waals surface area contributed by atoms with Crippen LogP contribution in [0, 0.1) is 0 Å². The highest BCUT2D eigenvalue weighted by Crippen LogP contribution is 2.36. The van der Waals surface area contributed by atoms with Gasteiger partial charge in [-0.05, 0) is 30.7 Å². The molecule has 194 valence electrons. The molecule has 1 aromatic carbocycles. The number of carbonyl (C=O) groups excluding carboxylic acids is 2. The molecule has 0 unspecified atom stereocenters. The molecule has 1 fully saturated rings. The van der Waals surface area contributed by atoms with E-state index in [1.165, 1.54) is 6.33 Å². The first kappa shape index (κ1) is 26.1. The topological polar surface area (TPSA) is 93.7 Å². The van der Waals surface area contributed by atoms with Crippen LogP contribution in [0.3, 0.4) is 0 Å². The zero-order valence-electron chi connectivity index (χ0n) is 20.7. The summed E-state index contributed by atoms with van der Waals surface area (Å²) in [4.78, 5) is 40.0. The Morgan fingerprint density at radius 1 is 1.17 bits per heavy atom. The van der Waals surface area contributed by atoms with Gasteiger partial charge in [0.25, 0.3) is 0 Å². The first-order valence-corrected chi connectivity index (χ1v) is 12.7. The lowest BCUT2D eigenvalue weighted by molar-refractivity contribution is -0.133. The van der Waals surface area contributed by atoms with Crippen LogP contribution in [0.1, 0.15) is 31.7 Å². The van der Waals surface area contributed by atoms with E-state index in [2.05, 4.69) is 39.3 Å². The van der Waals surface area contributed by atoms with E-state index >= 15 is 0 Å². The Hall–Kier alpha value is -2.98. The van der Waals surface area contributed by atoms with E-state index in [1.807, 2.05) is 29.2 Å². The smallest absolute Gasteiger partial charge is 0.245 e. The van der Waals surface area contributed by atoms with Gasteiger partial charge in [-0.25, -0.2) is 14.4 Å². The number of hydrogen-bond acceptors (Lipinski definition) is 7. The van der Waals surface area contributed by atoms with Crippen LogP contribution in [-0.2, 0) is 9.59 Å². The minimum absolute atomic E-state index is 0.0585. The molecule has 0 radical (unpaired) electrons. The van der Waals surface area contributed by atoms with Gasteiger partial charge in [0.1, 0.15) is 18.7 Å². The second kappa shape index (κ2) is 11.8. The number of alkyl halides is 1. The molecule has 2 N–H and O–H groups in total. The molecule has 4 rings (SSSR count). The van der Waals surface area contributed by atoms with Gasteiger partial charge in [-0.3, -0.25) is 9.59 Å². The van der Waals surface area contributed by atoms with E-state index in [0.29, 0.717) is 61.0 Å².